The second-order valence-corrected chi connectivity index (χ2v) is 7.29. The van der Waals surface area contributed by atoms with Gasteiger partial charge in [0, 0.05) is 5.56 Å². The number of unbranched alkanes of at least 4 members (excludes halogenated alkanes) is 5. The van der Waals surface area contributed by atoms with Crippen molar-refractivity contribution in [3.8, 4) is 0 Å². The van der Waals surface area contributed by atoms with Crippen LogP contribution in [0.5, 0.6) is 0 Å². The van der Waals surface area contributed by atoms with E-state index in [1.54, 1.807) is 0 Å². The minimum atomic E-state index is -5.41. The minimum Gasteiger partial charge on any atom is -0.282 e. The highest BCUT2D eigenvalue weighted by atomic mass is 32.2. The van der Waals surface area contributed by atoms with Crippen LogP contribution in [0.2, 0.25) is 0 Å². The molecule has 0 aliphatic carbocycles. The molecule has 0 aliphatic heterocycles. The Morgan fingerprint density at radius 2 is 1.33 bits per heavy atom. The normalized spacial score (nSPS) is 13.3. The van der Waals surface area contributed by atoms with Crippen LogP contribution in [0, 0.1) is 23.3 Å². The lowest BCUT2D eigenvalue weighted by atomic mass is 9.93. The van der Waals surface area contributed by atoms with Gasteiger partial charge in [-0.15, -0.1) is 0 Å². The molecule has 1 aromatic rings. The van der Waals surface area contributed by atoms with Crippen molar-refractivity contribution in [3.63, 3.8) is 0 Å². The lowest BCUT2D eigenvalue weighted by Gasteiger charge is -2.16. The molecule has 0 saturated heterocycles. The van der Waals surface area contributed by atoms with Gasteiger partial charge in [0.05, 0.1) is 0 Å². The molecule has 0 heterocycles. The summed E-state index contributed by atoms with van der Waals surface area (Å²) in [7, 11) is -5.41. The molecule has 0 amide bonds. The van der Waals surface area contributed by atoms with E-state index in [-0.39, 0.29) is 0 Å². The van der Waals surface area contributed by atoms with Crippen LogP contribution in [0.3, 0.4) is 0 Å². The van der Waals surface area contributed by atoms with Crippen LogP contribution in [0.1, 0.15) is 70.3 Å². The second kappa shape index (κ2) is 8.80. The first-order chi connectivity index (χ1) is 11.1. The molecule has 0 bridgehead atoms. The molecule has 1 atom stereocenters. The number of benzene rings is 1. The zero-order valence-corrected chi connectivity index (χ0v) is 14.5. The maximum Gasteiger partial charge on any atom is 0.300 e. The predicted octanol–water partition coefficient (Wildman–Crippen LogP) is 5.34. The van der Waals surface area contributed by atoms with E-state index in [9.17, 15) is 26.0 Å². The van der Waals surface area contributed by atoms with Crippen molar-refractivity contribution in [3.05, 3.63) is 28.8 Å². The largest absolute Gasteiger partial charge is 0.300 e. The Labute approximate surface area is 139 Å². The molecule has 1 aromatic carbocycles. The van der Waals surface area contributed by atoms with Gasteiger partial charge in [0.2, 0.25) is 0 Å². The summed E-state index contributed by atoms with van der Waals surface area (Å²) >= 11 is 0. The molecule has 1 N–H and O–H groups in total. The summed E-state index contributed by atoms with van der Waals surface area (Å²) in [6.07, 6.45) is 5.99. The number of halogens is 4. The van der Waals surface area contributed by atoms with Gasteiger partial charge in [-0.05, 0) is 12.3 Å². The van der Waals surface area contributed by atoms with Crippen LogP contribution >= 0.6 is 0 Å². The van der Waals surface area contributed by atoms with Crippen LogP contribution in [-0.4, -0.2) is 13.0 Å². The van der Waals surface area contributed by atoms with E-state index < -0.39 is 49.8 Å². The first-order valence-electron chi connectivity index (χ1n) is 7.96. The fourth-order valence-corrected chi connectivity index (χ4v) is 3.30. The first kappa shape index (κ1) is 20.9. The van der Waals surface area contributed by atoms with Crippen molar-refractivity contribution >= 4 is 10.1 Å². The molecule has 0 fully saturated rings. The van der Waals surface area contributed by atoms with Crippen molar-refractivity contribution in [1.82, 2.24) is 0 Å². The van der Waals surface area contributed by atoms with E-state index in [0.717, 1.165) is 32.1 Å². The molecular formula is C16H22F4O3S. The Hall–Kier alpha value is -1.15. The Kier molecular flexibility index (Phi) is 7.66. The van der Waals surface area contributed by atoms with E-state index in [1.807, 2.05) is 0 Å². The van der Waals surface area contributed by atoms with Gasteiger partial charge in [-0.25, -0.2) is 17.6 Å². The van der Waals surface area contributed by atoms with Gasteiger partial charge in [0.25, 0.3) is 0 Å². The summed E-state index contributed by atoms with van der Waals surface area (Å²) in [5.41, 5.74) is -0.828. The molecule has 1 unspecified atom stereocenters. The summed E-state index contributed by atoms with van der Waals surface area (Å²) in [6, 6.07) is 0. The zero-order chi connectivity index (χ0) is 18.5. The molecule has 138 valence electrons. The maximum atomic E-state index is 14.0. The molecule has 0 saturated carbocycles. The minimum absolute atomic E-state index is 0.310. The molecule has 3 nitrogen and oxygen atoms in total. The van der Waals surface area contributed by atoms with E-state index in [2.05, 4.69) is 6.92 Å². The maximum absolute atomic E-state index is 14.0. The van der Waals surface area contributed by atoms with Crippen molar-refractivity contribution in [1.29, 1.82) is 0 Å². The molecule has 0 spiro atoms. The van der Waals surface area contributed by atoms with E-state index >= 15 is 0 Å². The summed E-state index contributed by atoms with van der Waals surface area (Å²) in [4.78, 5) is -1.99. The summed E-state index contributed by atoms with van der Waals surface area (Å²) in [6.45, 7) is 3.49. The fraction of sp³-hybridized carbons (Fsp3) is 0.625. The van der Waals surface area contributed by atoms with Crippen molar-refractivity contribution in [2.24, 2.45) is 0 Å². The van der Waals surface area contributed by atoms with Crippen LogP contribution in [0.15, 0.2) is 4.90 Å². The molecule has 24 heavy (non-hydrogen) atoms. The summed E-state index contributed by atoms with van der Waals surface area (Å²) in [5.74, 6) is -8.57. The van der Waals surface area contributed by atoms with Crippen molar-refractivity contribution < 1.29 is 30.5 Å². The lowest BCUT2D eigenvalue weighted by molar-refractivity contribution is 0.384. The molecule has 0 radical (unpaired) electrons. The quantitative estimate of drug-likeness (QED) is 0.276. The fourth-order valence-electron chi connectivity index (χ4n) is 2.66. The number of rotatable bonds is 9. The zero-order valence-electron chi connectivity index (χ0n) is 13.7. The van der Waals surface area contributed by atoms with Crippen LogP contribution < -0.4 is 0 Å². The average molecular weight is 370 g/mol. The van der Waals surface area contributed by atoms with Crippen LogP contribution in [0.4, 0.5) is 17.6 Å². The lowest BCUT2D eigenvalue weighted by Crippen LogP contribution is -2.14. The van der Waals surface area contributed by atoms with Crippen molar-refractivity contribution in [2.75, 3.05) is 0 Å². The highest BCUT2D eigenvalue weighted by Crippen LogP contribution is 2.33. The Morgan fingerprint density at radius 3 is 1.79 bits per heavy atom. The monoisotopic (exact) mass is 370 g/mol. The van der Waals surface area contributed by atoms with Gasteiger partial charge in [0.1, 0.15) is 0 Å². The van der Waals surface area contributed by atoms with Gasteiger partial charge in [-0.1, -0.05) is 52.4 Å². The Balaban J connectivity index is 2.97. The second-order valence-electron chi connectivity index (χ2n) is 5.93. The van der Waals surface area contributed by atoms with Crippen LogP contribution in [0.25, 0.3) is 0 Å². The Bertz CT molecular complexity index is 645. The molecular weight excluding hydrogens is 348 g/mol. The highest BCUT2D eigenvalue weighted by molar-refractivity contribution is 7.85. The summed E-state index contributed by atoms with van der Waals surface area (Å²) in [5, 5.41) is 0. The van der Waals surface area contributed by atoms with E-state index in [4.69, 9.17) is 4.55 Å². The van der Waals surface area contributed by atoms with E-state index in [0.29, 0.717) is 12.8 Å². The smallest absolute Gasteiger partial charge is 0.282 e. The van der Waals surface area contributed by atoms with Gasteiger partial charge in [0.15, 0.2) is 28.2 Å². The first-order valence-corrected chi connectivity index (χ1v) is 9.40. The number of hydrogen-bond donors (Lipinski definition) is 1. The molecule has 8 heteroatoms. The van der Waals surface area contributed by atoms with Gasteiger partial charge < -0.3 is 0 Å². The van der Waals surface area contributed by atoms with Gasteiger partial charge in [-0.2, -0.15) is 8.42 Å². The van der Waals surface area contributed by atoms with E-state index in [1.165, 1.54) is 6.92 Å². The third-order valence-corrected chi connectivity index (χ3v) is 4.87. The standard InChI is InChI=1S/C16H22F4O3S/c1-3-4-5-6-7-8-9-10(2)11-12(17)14(19)16(24(21,22)23)15(20)13(11)18/h10H,3-9H2,1-2H3,(H,21,22,23). The van der Waals surface area contributed by atoms with Crippen LogP contribution in [-0.2, 0) is 10.1 Å². The molecule has 1 rings (SSSR count). The SMILES string of the molecule is CCCCCCCCC(C)c1c(F)c(F)c(S(=O)(=O)O)c(F)c1F. The average Bonchev–Trinajstić information content (AvgIpc) is 2.48. The molecule has 0 aromatic heterocycles. The van der Waals surface area contributed by atoms with Gasteiger partial charge >= 0.3 is 10.1 Å². The topological polar surface area (TPSA) is 54.4 Å². The van der Waals surface area contributed by atoms with Crippen molar-refractivity contribution in [2.45, 2.75) is 69.6 Å². The third-order valence-electron chi connectivity index (χ3n) is 4.00. The summed E-state index contributed by atoms with van der Waals surface area (Å²) < 4.78 is 86.1. The Morgan fingerprint density at radius 1 is 0.875 bits per heavy atom. The third kappa shape index (κ3) is 4.92. The molecule has 0 aliphatic rings. The highest BCUT2D eigenvalue weighted by Gasteiger charge is 2.33. The van der Waals surface area contributed by atoms with Gasteiger partial charge in [-0.3, -0.25) is 4.55 Å². The number of hydrogen-bond acceptors (Lipinski definition) is 2. The predicted molar refractivity (Wildman–Crippen MR) is 82.5 cm³/mol.